The fraction of sp³-hybridized carbons (Fsp3) is 0.154. The number of rotatable bonds is 11. The zero-order chi connectivity index (χ0) is 26.6. The van der Waals surface area contributed by atoms with E-state index < -0.39 is 16.8 Å². The molecule has 2 N–H and O–H groups in total. The third-order valence-corrected chi connectivity index (χ3v) is 4.99. The van der Waals surface area contributed by atoms with E-state index in [1.165, 1.54) is 37.6 Å². The second kappa shape index (κ2) is 13.1. The first kappa shape index (κ1) is 26.5. The van der Waals surface area contributed by atoms with Gasteiger partial charge in [0.2, 0.25) is 5.91 Å². The van der Waals surface area contributed by atoms with E-state index in [9.17, 15) is 24.5 Å². The third kappa shape index (κ3) is 7.99. The summed E-state index contributed by atoms with van der Waals surface area (Å²) in [6.07, 6.45) is 1.86. The van der Waals surface area contributed by atoms with Crippen LogP contribution in [0.2, 0.25) is 0 Å². The van der Waals surface area contributed by atoms with Crippen LogP contribution in [0.1, 0.15) is 39.1 Å². The topological polar surface area (TPSA) is 149 Å². The number of hydrogen-bond acceptors (Lipinski definition) is 8. The highest BCUT2D eigenvalue weighted by molar-refractivity contribution is 5.94. The van der Waals surface area contributed by atoms with Gasteiger partial charge in [-0.05, 0) is 48.4 Å². The molecule has 0 aromatic heterocycles. The molecule has 0 heterocycles. The summed E-state index contributed by atoms with van der Waals surface area (Å²) in [7, 11) is 1.44. The van der Waals surface area contributed by atoms with Crippen molar-refractivity contribution in [3.05, 3.63) is 99.6 Å². The molecule has 3 aromatic carbocycles. The Labute approximate surface area is 212 Å². The quantitative estimate of drug-likeness (QED) is 0.101. The van der Waals surface area contributed by atoms with E-state index in [0.29, 0.717) is 23.3 Å². The monoisotopic (exact) mass is 504 g/mol. The van der Waals surface area contributed by atoms with Gasteiger partial charge in [0.05, 0.1) is 23.8 Å². The Morgan fingerprint density at radius 2 is 1.73 bits per heavy atom. The van der Waals surface area contributed by atoms with Gasteiger partial charge in [-0.3, -0.25) is 19.7 Å². The van der Waals surface area contributed by atoms with Crippen molar-refractivity contribution in [3.8, 4) is 11.5 Å². The number of carbonyl (C=O) groups excluding carboxylic acids is 3. The highest BCUT2D eigenvalue weighted by Gasteiger charge is 2.13. The molecular formula is C26H24N4O7. The number of benzene rings is 3. The van der Waals surface area contributed by atoms with Crippen molar-refractivity contribution in [1.82, 2.24) is 10.7 Å². The second-order valence-corrected chi connectivity index (χ2v) is 7.63. The highest BCUT2D eigenvalue weighted by atomic mass is 16.6. The number of hydrazone groups is 1. The zero-order valence-electron chi connectivity index (χ0n) is 19.9. The van der Waals surface area contributed by atoms with E-state index in [1.54, 1.807) is 48.5 Å². The van der Waals surface area contributed by atoms with Crippen molar-refractivity contribution in [3.63, 3.8) is 0 Å². The van der Waals surface area contributed by atoms with Crippen LogP contribution in [0.15, 0.2) is 77.9 Å². The molecule has 0 spiro atoms. The number of nitro benzene ring substituents is 1. The molecule has 0 fully saturated rings. The van der Waals surface area contributed by atoms with Crippen LogP contribution in [0.5, 0.6) is 11.5 Å². The first-order valence-electron chi connectivity index (χ1n) is 11.2. The van der Waals surface area contributed by atoms with Gasteiger partial charge in [-0.2, -0.15) is 5.10 Å². The third-order valence-electron chi connectivity index (χ3n) is 4.99. The number of nitrogens with zero attached hydrogens (tertiary/aromatic N) is 2. The van der Waals surface area contributed by atoms with Crippen LogP contribution in [0.3, 0.4) is 0 Å². The molecule has 0 saturated carbocycles. The van der Waals surface area contributed by atoms with Crippen molar-refractivity contribution in [2.45, 2.75) is 12.8 Å². The number of amides is 2. The summed E-state index contributed by atoms with van der Waals surface area (Å²) < 4.78 is 10.7. The summed E-state index contributed by atoms with van der Waals surface area (Å²) >= 11 is 0. The summed E-state index contributed by atoms with van der Waals surface area (Å²) in [5.74, 6) is -0.784. The smallest absolute Gasteiger partial charge is 0.343 e. The summed E-state index contributed by atoms with van der Waals surface area (Å²) in [5.41, 5.74) is 3.39. The largest absolute Gasteiger partial charge is 0.493 e. The van der Waals surface area contributed by atoms with Gasteiger partial charge in [-0.1, -0.05) is 24.3 Å². The zero-order valence-corrected chi connectivity index (χ0v) is 19.9. The standard InChI is InChI=1S/C26H24N4O7/c1-36-23-15-18(12-13-22(23)37-26(33)19-7-3-2-4-8-19)17-28-29-24(31)11-6-14-27-25(32)20-9-5-10-21(16-20)30(34)35/h2-5,7-10,12-13,15-17H,6,11,14H2,1H3,(H,27,32)(H,29,31)/b28-17+. The molecule has 3 rings (SSSR count). The van der Waals surface area contributed by atoms with E-state index in [1.807, 2.05) is 0 Å². The van der Waals surface area contributed by atoms with Gasteiger partial charge in [0, 0.05) is 30.7 Å². The van der Waals surface area contributed by atoms with Crippen LogP contribution < -0.4 is 20.2 Å². The fourth-order valence-corrected chi connectivity index (χ4v) is 3.13. The lowest BCUT2D eigenvalue weighted by atomic mass is 10.2. The van der Waals surface area contributed by atoms with Gasteiger partial charge >= 0.3 is 5.97 Å². The molecule has 190 valence electrons. The normalized spacial score (nSPS) is 10.5. The van der Waals surface area contributed by atoms with Crippen LogP contribution in [-0.4, -0.2) is 42.6 Å². The van der Waals surface area contributed by atoms with Crippen molar-refractivity contribution < 1.29 is 28.8 Å². The second-order valence-electron chi connectivity index (χ2n) is 7.63. The number of non-ortho nitro benzene ring substituents is 1. The molecule has 11 nitrogen and oxygen atoms in total. The number of hydrogen-bond donors (Lipinski definition) is 2. The molecule has 0 aliphatic carbocycles. The Kier molecular flexibility index (Phi) is 9.43. The van der Waals surface area contributed by atoms with Crippen LogP contribution in [-0.2, 0) is 4.79 Å². The first-order chi connectivity index (χ1) is 17.9. The fourth-order valence-electron chi connectivity index (χ4n) is 3.13. The molecule has 0 aliphatic heterocycles. The van der Waals surface area contributed by atoms with Gasteiger partial charge in [0.15, 0.2) is 11.5 Å². The number of carbonyl (C=O) groups is 3. The Hall–Kier alpha value is -5.06. The predicted molar refractivity (Wildman–Crippen MR) is 135 cm³/mol. The molecule has 3 aromatic rings. The minimum atomic E-state index is -0.577. The molecular weight excluding hydrogens is 480 g/mol. The lowest BCUT2D eigenvalue weighted by molar-refractivity contribution is -0.384. The summed E-state index contributed by atoms with van der Waals surface area (Å²) in [6.45, 7) is 0.207. The van der Waals surface area contributed by atoms with Crippen molar-refractivity contribution in [2.75, 3.05) is 13.7 Å². The van der Waals surface area contributed by atoms with E-state index >= 15 is 0 Å². The molecule has 0 radical (unpaired) electrons. The summed E-state index contributed by atoms with van der Waals surface area (Å²) in [4.78, 5) is 46.6. The first-order valence-corrected chi connectivity index (χ1v) is 11.2. The number of nitro groups is 1. The highest BCUT2D eigenvalue weighted by Crippen LogP contribution is 2.28. The maximum Gasteiger partial charge on any atom is 0.343 e. The molecule has 37 heavy (non-hydrogen) atoms. The lowest BCUT2D eigenvalue weighted by Gasteiger charge is -2.10. The maximum absolute atomic E-state index is 12.3. The van der Waals surface area contributed by atoms with Crippen molar-refractivity contribution in [1.29, 1.82) is 0 Å². The van der Waals surface area contributed by atoms with Crippen LogP contribution in [0.25, 0.3) is 0 Å². The Bertz CT molecular complexity index is 1310. The molecule has 0 unspecified atom stereocenters. The lowest BCUT2D eigenvalue weighted by Crippen LogP contribution is -2.26. The molecule has 0 saturated heterocycles. The SMILES string of the molecule is COc1cc(/C=N/NC(=O)CCCNC(=O)c2cccc([N+](=O)[O-])c2)ccc1OC(=O)c1ccccc1. The van der Waals surface area contributed by atoms with Crippen LogP contribution in [0.4, 0.5) is 5.69 Å². The molecule has 2 amide bonds. The minimum absolute atomic E-state index is 0.101. The van der Waals surface area contributed by atoms with Gasteiger partial charge in [-0.15, -0.1) is 0 Å². The number of nitrogens with one attached hydrogen (secondary N) is 2. The number of esters is 1. The average Bonchev–Trinajstić information content (AvgIpc) is 2.92. The van der Waals surface area contributed by atoms with Crippen molar-refractivity contribution in [2.24, 2.45) is 5.10 Å². The minimum Gasteiger partial charge on any atom is -0.493 e. The van der Waals surface area contributed by atoms with E-state index in [4.69, 9.17) is 9.47 Å². The molecule has 0 atom stereocenters. The molecule has 0 bridgehead atoms. The van der Waals surface area contributed by atoms with Gasteiger partial charge in [0.1, 0.15) is 0 Å². The number of methoxy groups -OCH3 is 1. The van der Waals surface area contributed by atoms with Gasteiger partial charge in [0.25, 0.3) is 11.6 Å². The van der Waals surface area contributed by atoms with E-state index in [2.05, 4.69) is 15.8 Å². The van der Waals surface area contributed by atoms with Crippen LogP contribution >= 0.6 is 0 Å². The number of ether oxygens (including phenoxy) is 2. The van der Waals surface area contributed by atoms with Crippen LogP contribution in [0, 0.1) is 10.1 Å². The predicted octanol–water partition coefficient (Wildman–Crippen LogP) is 3.48. The Morgan fingerprint density at radius 3 is 2.46 bits per heavy atom. The van der Waals surface area contributed by atoms with Crippen molar-refractivity contribution >= 4 is 29.7 Å². The molecule has 11 heteroatoms. The average molecular weight is 504 g/mol. The summed E-state index contributed by atoms with van der Waals surface area (Å²) in [6, 6.07) is 18.7. The Balaban J connectivity index is 1.44. The Morgan fingerprint density at radius 1 is 0.973 bits per heavy atom. The van der Waals surface area contributed by atoms with E-state index in [-0.39, 0.29) is 35.9 Å². The van der Waals surface area contributed by atoms with Gasteiger partial charge < -0.3 is 14.8 Å². The van der Waals surface area contributed by atoms with E-state index in [0.717, 1.165) is 0 Å². The van der Waals surface area contributed by atoms with Gasteiger partial charge in [-0.25, -0.2) is 10.2 Å². The summed E-state index contributed by atoms with van der Waals surface area (Å²) in [5, 5.41) is 17.3. The molecule has 0 aliphatic rings. The maximum atomic E-state index is 12.3.